The van der Waals surface area contributed by atoms with E-state index in [-0.39, 0.29) is 29.6 Å². The third kappa shape index (κ3) is 6.99. The largest absolute Gasteiger partial charge is 0.352 e. The summed E-state index contributed by atoms with van der Waals surface area (Å²) in [6.07, 6.45) is 4.51. The van der Waals surface area contributed by atoms with Gasteiger partial charge in [0.15, 0.2) is 0 Å². The molecule has 2 aliphatic rings. The average molecular weight is 581 g/mol. The zero-order valence-electron chi connectivity index (χ0n) is 25.8. The summed E-state index contributed by atoms with van der Waals surface area (Å²) in [5.41, 5.74) is 11.0. The molecule has 0 aromatic heterocycles. The van der Waals surface area contributed by atoms with Crippen molar-refractivity contribution in [2.24, 2.45) is 17.6 Å². The summed E-state index contributed by atoms with van der Waals surface area (Å²) >= 11 is 0. The summed E-state index contributed by atoms with van der Waals surface area (Å²) < 4.78 is 0. The number of nitrogens with zero attached hydrogens (tertiary/aromatic N) is 1. The summed E-state index contributed by atoms with van der Waals surface area (Å²) in [7, 11) is 0. The molecule has 7 heteroatoms. The molecule has 0 radical (unpaired) electrons. The van der Waals surface area contributed by atoms with Gasteiger partial charge in [-0.05, 0) is 91.4 Å². The van der Waals surface area contributed by atoms with Gasteiger partial charge in [-0.3, -0.25) is 19.3 Å². The maximum Gasteiger partial charge on any atom is 0.258 e. The third-order valence-electron chi connectivity index (χ3n) is 8.94. The molecule has 1 fully saturated rings. The van der Waals surface area contributed by atoms with Crippen LogP contribution in [0.25, 0.3) is 0 Å². The molecule has 43 heavy (non-hydrogen) atoms. The summed E-state index contributed by atoms with van der Waals surface area (Å²) in [5, 5.41) is 6.08. The number of fused-ring (bicyclic) bond motifs is 1. The first kappa shape index (κ1) is 30.5. The number of anilines is 2. The van der Waals surface area contributed by atoms with Crippen LogP contribution in [0.1, 0.15) is 96.3 Å². The third-order valence-corrected chi connectivity index (χ3v) is 8.94. The summed E-state index contributed by atoms with van der Waals surface area (Å²) in [6, 6.07) is 20.3. The molecule has 1 saturated carbocycles. The van der Waals surface area contributed by atoms with Crippen molar-refractivity contribution < 1.29 is 14.4 Å². The monoisotopic (exact) mass is 580 g/mol. The highest BCUT2D eigenvalue weighted by Crippen LogP contribution is 2.40. The Bertz CT molecular complexity index is 1470. The van der Waals surface area contributed by atoms with E-state index in [1.807, 2.05) is 55.5 Å². The molecule has 4 N–H and O–H groups in total. The van der Waals surface area contributed by atoms with Gasteiger partial charge in [-0.15, -0.1) is 0 Å². The SMILES string of the molecule is Cc1ccc(C2CC(=O)Nc3cc(C(=O)NCC4CCCC(CN)C4)ccc3N2C(=O)c2ccc(C(C)(C)C)cc2)cc1. The maximum atomic E-state index is 14.3. The van der Waals surface area contributed by atoms with Crippen LogP contribution in [-0.4, -0.2) is 30.8 Å². The fraction of sp³-hybridized carbons (Fsp3) is 0.417. The molecule has 0 bridgehead atoms. The first-order valence-electron chi connectivity index (χ1n) is 15.5. The number of aryl methyl sites for hydroxylation is 1. The molecule has 1 heterocycles. The Morgan fingerprint density at radius 3 is 2.30 bits per heavy atom. The lowest BCUT2D eigenvalue weighted by molar-refractivity contribution is -0.116. The maximum absolute atomic E-state index is 14.3. The molecule has 3 atom stereocenters. The van der Waals surface area contributed by atoms with Crippen LogP contribution >= 0.6 is 0 Å². The van der Waals surface area contributed by atoms with Gasteiger partial charge >= 0.3 is 0 Å². The van der Waals surface area contributed by atoms with E-state index in [9.17, 15) is 14.4 Å². The van der Waals surface area contributed by atoms with Crippen molar-refractivity contribution in [3.8, 4) is 0 Å². The van der Waals surface area contributed by atoms with Crippen LogP contribution in [0.4, 0.5) is 11.4 Å². The number of benzene rings is 3. The van der Waals surface area contributed by atoms with Crippen molar-refractivity contribution in [2.75, 3.05) is 23.3 Å². The molecule has 1 aliphatic carbocycles. The Morgan fingerprint density at radius 1 is 0.953 bits per heavy atom. The Kier molecular flexibility index (Phi) is 9.02. The number of amides is 3. The molecule has 5 rings (SSSR count). The van der Waals surface area contributed by atoms with Crippen molar-refractivity contribution in [2.45, 2.75) is 71.3 Å². The number of hydrogen-bond donors (Lipinski definition) is 3. The minimum atomic E-state index is -0.516. The Hall–Kier alpha value is -3.97. The van der Waals surface area contributed by atoms with Crippen molar-refractivity contribution >= 4 is 29.1 Å². The van der Waals surface area contributed by atoms with Gasteiger partial charge in [0, 0.05) is 17.7 Å². The van der Waals surface area contributed by atoms with E-state index in [4.69, 9.17) is 5.73 Å². The fourth-order valence-electron chi connectivity index (χ4n) is 6.32. The molecule has 3 amide bonds. The molecule has 7 nitrogen and oxygen atoms in total. The Balaban J connectivity index is 1.47. The second-order valence-corrected chi connectivity index (χ2v) is 13.3. The van der Waals surface area contributed by atoms with E-state index in [0.717, 1.165) is 42.4 Å². The fourth-order valence-corrected chi connectivity index (χ4v) is 6.32. The summed E-state index contributed by atoms with van der Waals surface area (Å²) in [6.45, 7) is 9.71. The van der Waals surface area contributed by atoms with Crippen LogP contribution in [0.3, 0.4) is 0 Å². The molecule has 0 saturated heterocycles. The van der Waals surface area contributed by atoms with E-state index in [2.05, 4.69) is 31.4 Å². The first-order chi connectivity index (χ1) is 20.5. The van der Waals surface area contributed by atoms with E-state index < -0.39 is 6.04 Å². The molecule has 3 aromatic rings. The van der Waals surface area contributed by atoms with E-state index >= 15 is 0 Å². The smallest absolute Gasteiger partial charge is 0.258 e. The number of hydrogen-bond acceptors (Lipinski definition) is 4. The second-order valence-electron chi connectivity index (χ2n) is 13.3. The Labute approximate surface area is 255 Å². The molecule has 3 aromatic carbocycles. The van der Waals surface area contributed by atoms with Crippen LogP contribution in [-0.2, 0) is 10.2 Å². The molecule has 226 valence electrons. The van der Waals surface area contributed by atoms with Gasteiger partial charge in [-0.1, -0.05) is 69.2 Å². The lowest BCUT2D eigenvalue weighted by Gasteiger charge is -2.31. The molecular formula is C36H44N4O3. The molecule has 1 aliphatic heterocycles. The first-order valence-corrected chi connectivity index (χ1v) is 15.5. The number of nitrogens with one attached hydrogen (secondary N) is 2. The van der Waals surface area contributed by atoms with E-state index in [0.29, 0.717) is 47.4 Å². The zero-order valence-corrected chi connectivity index (χ0v) is 25.8. The lowest BCUT2D eigenvalue weighted by atomic mass is 9.81. The average Bonchev–Trinajstić information content (AvgIpc) is 3.14. The Morgan fingerprint density at radius 2 is 1.63 bits per heavy atom. The minimum Gasteiger partial charge on any atom is -0.352 e. The minimum absolute atomic E-state index is 0.0440. The van der Waals surface area contributed by atoms with Crippen LogP contribution in [0, 0.1) is 18.8 Å². The van der Waals surface area contributed by atoms with Crippen molar-refractivity contribution in [1.82, 2.24) is 5.32 Å². The highest BCUT2D eigenvalue weighted by molar-refractivity contribution is 6.12. The zero-order chi connectivity index (χ0) is 30.7. The van der Waals surface area contributed by atoms with Gasteiger partial charge in [-0.2, -0.15) is 0 Å². The highest BCUT2D eigenvalue weighted by Gasteiger charge is 2.35. The van der Waals surface area contributed by atoms with Crippen LogP contribution < -0.4 is 21.3 Å². The van der Waals surface area contributed by atoms with Gasteiger partial charge in [-0.25, -0.2) is 0 Å². The quantitative estimate of drug-likeness (QED) is 0.309. The van der Waals surface area contributed by atoms with Gasteiger partial charge in [0.2, 0.25) is 5.91 Å². The lowest BCUT2D eigenvalue weighted by Crippen LogP contribution is -2.35. The van der Waals surface area contributed by atoms with E-state index in [1.54, 1.807) is 23.1 Å². The van der Waals surface area contributed by atoms with Gasteiger partial charge in [0.1, 0.15) is 0 Å². The van der Waals surface area contributed by atoms with Crippen molar-refractivity contribution in [3.63, 3.8) is 0 Å². The van der Waals surface area contributed by atoms with Crippen molar-refractivity contribution in [3.05, 3.63) is 94.5 Å². The second kappa shape index (κ2) is 12.7. The predicted octanol–water partition coefficient (Wildman–Crippen LogP) is 6.52. The van der Waals surface area contributed by atoms with Gasteiger partial charge < -0.3 is 16.4 Å². The predicted molar refractivity (Wildman–Crippen MR) is 172 cm³/mol. The topological polar surface area (TPSA) is 105 Å². The summed E-state index contributed by atoms with van der Waals surface area (Å²) in [4.78, 5) is 42.5. The van der Waals surface area contributed by atoms with Crippen molar-refractivity contribution in [1.29, 1.82) is 0 Å². The van der Waals surface area contributed by atoms with E-state index in [1.165, 1.54) is 0 Å². The highest BCUT2D eigenvalue weighted by atomic mass is 16.2. The van der Waals surface area contributed by atoms with Crippen LogP contribution in [0.5, 0.6) is 0 Å². The van der Waals surface area contributed by atoms with Gasteiger partial charge in [0.25, 0.3) is 11.8 Å². The number of carbonyl (C=O) groups excluding carboxylic acids is 3. The van der Waals surface area contributed by atoms with Crippen LogP contribution in [0.2, 0.25) is 0 Å². The van der Waals surface area contributed by atoms with Crippen LogP contribution in [0.15, 0.2) is 66.7 Å². The summed E-state index contributed by atoms with van der Waals surface area (Å²) in [5.74, 6) is 0.334. The number of nitrogens with two attached hydrogens (primary N) is 1. The van der Waals surface area contributed by atoms with Gasteiger partial charge in [0.05, 0.1) is 23.8 Å². The normalized spacial score (nSPS) is 20.5. The number of rotatable bonds is 6. The molecular weight excluding hydrogens is 536 g/mol. The standard InChI is InChI=1S/C36H44N4O3/c1-23-8-10-26(11-9-23)32-20-33(41)39-30-19-28(34(42)38-22-25-7-5-6-24(18-25)21-37)14-17-31(30)40(32)35(43)27-12-15-29(16-13-27)36(2,3)4/h8-17,19,24-25,32H,5-7,18,20-22,37H2,1-4H3,(H,38,42)(H,39,41). The molecule has 0 spiro atoms. The number of carbonyl (C=O) groups is 3. The molecule has 3 unspecified atom stereocenters.